The number of ether oxygens (including phenoxy) is 2. The van der Waals surface area contributed by atoms with E-state index in [1.165, 1.54) is 0 Å². The van der Waals surface area contributed by atoms with E-state index in [0.29, 0.717) is 0 Å². The number of halogens is 13. The molecular weight excluding hydrogens is 423 g/mol. The molecule has 0 aromatic rings. The third-order valence-electron chi connectivity index (χ3n) is 3.18. The van der Waals surface area contributed by atoms with Crippen molar-refractivity contribution in [1.29, 1.82) is 0 Å². The summed E-state index contributed by atoms with van der Waals surface area (Å²) in [5.41, 5.74) is -6.84. The minimum absolute atomic E-state index is 0.282. The molecule has 0 atom stereocenters. The third kappa shape index (κ3) is 4.60. The molecule has 162 valence electrons. The van der Waals surface area contributed by atoms with Crippen molar-refractivity contribution in [3.8, 4) is 0 Å². The Kier molecular flexibility index (Phi) is 7.64. The Bertz CT molecular complexity index is 475. The van der Waals surface area contributed by atoms with Crippen molar-refractivity contribution in [3.63, 3.8) is 0 Å². The smallest absolute Gasteiger partial charge is 0.378 e. The van der Waals surface area contributed by atoms with Gasteiger partial charge < -0.3 is 9.47 Å². The zero-order chi connectivity index (χ0) is 21.9. The molecule has 0 aliphatic carbocycles. The molecule has 2 nitrogen and oxygen atoms in total. The van der Waals surface area contributed by atoms with E-state index >= 15 is 0 Å². The summed E-state index contributed by atoms with van der Waals surface area (Å²) in [5, 5.41) is 0. The molecule has 0 aromatic heterocycles. The Balaban J connectivity index is 6.16. The molecule has 0 unspecified atom stereocenters. The van der Waals surface area contributed by atoms with Gasteiger partial charge in [0.15, 0.2) is 0 Å². The molecule has 0 saturated heterocycles. The van der Waals surface area contributed by atoms with Gasteiger partial charge in [-0.15, -0.1) is 6.58 Å². The Labute approximate surface area is 142 Å². The quantitative estimate of drug-likeness (QED) is 0.284. The Morgan fingerprint density at radius 2 is 1.00 bits per heavy atom. The van der Waals surface area contributed by atoms with Crippen molar-refractivity contribution in [2.45, 2.75) is 30.4 Å². The summed E-state index contributed by atoms with van der Waals surface area (Å²) in [5.74, 6) is -15.4. The third-order valence-corrected chi connectivity index (χ3v) is 3.18. The van der Waals surface area contributed by atoms with Crippen LogP contribution in [0.15, 0.2) is 12.7 Å². The summed E-state index contributed by atoms with van der Waals surface area (Å²) < 4.78 is 175. The Hall–Kier alpha value is -1.25. The minimum Gasteiger partial charge on any atom is -0.378 e. The van der Waals surface area contributed by atoms with Gasteiger partial charge in [0.2, 0.25) is 0 Å². The lowest BCUT2D eigenvalue weighted by molar-refractivity contribution is -0.465. The Morgan fingerprint density at radius 1 is 0.593 bits per heavy atom. The van der Waals surface area contributed by atoms with Gasteiger partial charge in [-0.1, -0.05) is 6.08 Å². The predicted octanol–water partition coefficient (Wildman–Crippen LogP) is 5.15. The second kappa shape index (κ2) is 8.01. The van der Waals surface area contributed by atoms with Crippen LogP contribution in [-0.2, 0) is 9.47 Å². The topological polar surface area (TPSA) is 18.5 Å². The first-order valence-electron chi connectivity index (χ1n) is 6.53. The first-order chi connectivity index (χ1) is 11.8. The lowest BCUT2D eigenvalue weighted by Crippen LogP contribution is -2.71. The predicted molar refractivity (Wildman–Crippen MR) is 62.3 cm³/mol. The second-order valence-electron chi connectivity index (χ2n) is 4.96. The first-order valence-corrected chi connectivity index (χ1v) is 6.53. The van der Waals surface area contributed by atoms with E-state index in [1.54, 1.807) is 0 Å². The summed E-state index contributed by atoms with van der Waals surface area (Å²) in [6, 6.07) is 0. The summed E-state index contributed by atoms with van der Waals surface area (Å²) >= 11 is 0. The molecule has 0 aromatic carbocycles. The van der Waals surface area contributed by atoms with Gasteiger partial charge in [-0.05, 0) is 0 Å². The second-order valence-corrected chi connectivity index (χ2v) is 4.96. The van der Waals surface area contributed by atoms with Crippen molar-refractivity contribution in [2.24, 2.45) is 5.41 Å². The van der Waals surface area contributed by atoms with Crippen LogP contribution in [0.4, 0.5) is 57.1 Å². The van der Waals surface area contributed by atoms with Gasteiger partial charge in [-0.2, -0.15) is 57.1 Å². The van der Waals surface area contributed by atoms with Crippen LogP contribution in [0, 0.1) is 5.41 Å². The van der Waals surface area contributed by atoms with Gasteiger partial charge >= 0.3 is 30.4 Å². The molecule has 0 aliphatic rings. The fourth-order valence-electron chi connectivity index (χ4n) is 1.73. The highest BCUT2D eigenvalue weighted by atomic mass is 19.4. The van der Waals surface area contributed by atoms with Crippen molar-refractivity contribution < 1.29 is 66.5 Å². The van der Waals surface area contributed by atoms with E-state index < -0.39 is 55.6 Å². The number of rotatable bonds is 9. The average molecular weight is 434 g/mol. The monoisotopic (exact) mass is 434 g/mol. The van der Waals surface area contributed by atoms with Crippen molar-refractivity contribution in [1.82, 2.24) is 0 Å². The number of hydrogen-bond donors (Lipinski definition) is 0. The van der Waals surface area contributed by atoms with Gasteiger partial charge in [0.1, 0.15) is 0 Å². The zero-order valence-corrected chi connectivity index (χ0v) is 12.8. The van der Waals surface area contributed by atoms with E-state index in [9.17, 15) is 57.1 Å². The molecule has 0 fully saturated rings. The van der Waals surface area contributed by atoms with Crippen LogP contribution in [0.5, 0.6) is 0 Å². The van der Waals surface area contributed by atoms with Crippen LogP contribution < -0.4 is 0 Å². The van der Waals surface area contributed by atoms with E-state index in [4.69, 9.17) is 0 Å². The fraction of sp³-hybridized carbons (Fsp3) is 0.833. The van der Waals surface area contributed by atoms with Crippen molar-refractivity contribution in [3.05, 3.63) is 12.7 Å². The molecule has 0 N–H and O–H groups in total. The largest absolute Gasteiger partial charge is 0.459 e. The van der Waals surface area contributed by atoms with Gasteiger partial charge in [0, 0.05) is 0 Å². The Morgan fingerprint density at radius 3 is 1.33 bits per heavy atom. The first kappa shape index (κ1) is 25.8. The van der Waals surface area contributed by atoms with E-state index in [0.717, 1.165) is 6.08 Å². The molecule has 0 saturated carbocycles. The van der Waals surface area contributed by atoms with Gasteiger partial charge in [0.25, 0.3) is 5.41 Å². The van der Waals surface area contributed by atoms with Gasteiger partial charge in [-0.25, -0.2) is 0 Å². The standard InChI is InChI=1S/C12H11F13O2/c1-2-3-26-4-5-27-6-7(10(17,18)19,11(20,21)22)8(13,14)9(15,16)12(23,24)25/h2H,1,3-6H2. The number of hydrogen-bond acceptors (Lipinski definition) is 2. The van der Waals surface area contributed by atoms with Crippen LogP contribution in [0.25, 0.3) is 0 Å². The summed E-state index contributed by atoms with van der Waals surface area (Å²) in [7, 11) is 0. The molecule has 0 heterocycles. The van der Waals surface area contributed by atoms with Crippen LogP contribution >= 0.6 is 0 Å². The van der Waals surface area contributed by atoms with Crippen LogP contribution in [0.1, 0.15) is 0 Å². The SMILES string of the molecule is C=CCOCCOCC(C(F)(F)F)(C(F)(F)F)C(F)(F)C(F)(F)C(F)(F)F. The van der Waals surface area contributed by atoms with Crippen LogP contribution in [-0.4, -0.2) is 56.8 Å². The van der Waals surface area contributed by atoms with Crippen LogP contribution in [0.3, 0.4) is 0 Å². The molecule has 0 spiro atoms. The van der Waals surface area contributed by atoms with Gasteiger partial charge in [-0.3, -0.25) is 0 Å². The lowest BCUT2D eigenvalue weighted by Gasteiger charge is -2.44. The molecule has 0 radical (unpaired) electrons. The highest BCUT2D eigenvalue weighted by Crippen LogP contribution is 2.65. The number of alkyl halides is 13. The van der Waals surface area contributed by atoms with E-state index in [2.05, 4.69) is 16.1 Å². The normalized spacial score (nSPS) is 15.1. The molecule has 27 heavy (non-hydrogen) atoms. The maximum atomic E-state index is 13.6. The summed E-state index contributed by atoms with van der Waals surface area (Å²) in [6.07, 6.45) is -20.9. The molecule has 0 amide bonds. The van der Waals surface area contributed by atoms with Crippen LogP contribution in [0.2, 0.25) is 0 Å². The molecule has 0 rings (SSSR count). The summed E-state index contributed by atoms with van der Waals surface area (Å²) in [4.78, 5) is 0. The van der Waals surface area contributed by atoms with Gasteiger partial charge in [0.05, 0.1) is 26.4 Å². The molecule has 0 bridgehead atoms. The maximum absolute atomic E-state index is 13.6. The highest BCUT2D eigenvalue weighted by Gasteiger charge is 2.92. The molecule has 0 aliphatic heterocycles. The average Bonchev–Trinajstić information content (AvgIpc) is 2.41. The molecular formula is C12H11F13O2. The molecule has 15 heteroatoms. The fourth-order valence-corrected chi connectivity index (χ4v) is 1.73. The minimum atomic E-state index is -7.68. The maximum Gasteiger partial charge on any atom is 0.459 e. The highest BCUT2D eigenvalue weighted by molar-refractivity contribution is 5.11. The van der Waals surface area contributed by atoms with E-state index in [-0.39, 0.29) is 6.61 Å². The van der Waals surface area contributed by atoms with E-state index in [1.807, 2.05) is 0 Å². The summed E-state index contributed by atoms with van der Waals surface area (Å²) in [6.45, 7) is -2.44. The van der Waals surface area contributed by atoms with Crippen molar-refractivity contribution >= 4 is 0 Å². The lowest BCUT2D eigenvalue weighted by atomic mass is 9.76. The zero-order valence-electron chi connectivity index (χ0n) is 12.8. The van der Waals surface area contributed by atoms with Crippen molar-refractivity contribution in [2.75, 3.05) is 26.4 Å².